The molecule has 0 heterocycles. The van der Waals surface area contributed by atoms with Gasteiger partial charge in [0.25, 0.3) is 5.69 Å². The summed E-state index contributed by atoms with van der Waals surface area (Å²) in [6.07, 6.45) is 0.465. The number of hydrogen-bond donors (Lipinski definition) is 1. The van der Waals surface area contributed by atoms with Crippen LogP contribution in [0.4, 0.5) is 11.4 Å². The number of hydrogen-bond acceptors (Lipinski definition) is 7. The van der Waals surface area contributed by atoms with E-state index in [9.17, 15) is 14.9 Å². The molecule has 0 aliphatic rings. The van der Waals surface area contributed by atoms with Crippen LogP contribution in [0.2, 0.25) is 0 Å². The Balaban J connectivity index is 2.21. The summed E-state index contributed by atoms with van der Waals surface area (Å²) in [5, 5.41) is 14.1. The molecule has 162 valence electrons. The highest BCUT2D eigenvalue weighted by molar-refractivity contribution is 5.94. The molecule has 0 aromatic heterocycles. The number of nitrogens with one attached hydrogen (secondary N) is 1. The molecule has 2 rings (SSSR count). The van der Waals surface area contributed by atoms with Crippen LogP contribution in [-0.4, -0.2) is 38.3 Å². The van der Waals surface area contributed by atoms with Crippen LogP contribution in [-0.2, 0) is 11.2 Å². The molecular formula is C21H26N2O7. The number of nitro benzene ring substituents is 1. The maximum atomic E-state index is 12.5. The number of methoxy groups -OCH3 is 2. The summed E-state index contributed by atoms with van der Waals surface area (Å²) < 4.78 is 21.5. The predicted octanol–water partition coefficient (Wildman–Crippen LogP) is 3.98. The fraction of sp³-hybridized carbons (Fsp3) is 0.381. The summed E-state index contributed by atoms with van der Waals surface area (Å²) in [5.74, 6) is 1.48. The topological polar surface area (TPSA) is 109 Å². The molecular weight excluding hydrogens is 392 g/mol. The van der Waals surface area contributed by atoms with E-state index < -0.39 is 4.92 Å². The van der Waals surface area contributed by atoms with Crippen LogP contribution >= 0.6 is 0 Å². The predicted molar refractivity (Wildman–Crippen MR) is 112 cm³/mol. The third kappa shape index (κ3) is 5.76. The molecule has 0 saturated heterocycles. The zero-order valence-corrected chi connectivity index (χ0v) is 17.5. The smallest absolute Gasteiger partial charge is 0.296 e. The lowest BCUT2D eigenvalue weighted by Gasteiger charge is -2.14. The molecule has 0 unspecified atom stereocenters. The van der Waals surface area contributed by atoms with Crippen molar-refractivity contribution in [3.05, 3.63) is 46.0 Å². The number of amides is 1. The van der Waals surface area contributed by atoms with E-state index in [1.807, 2.05) is 0 Å². The molecule has 0 bridgehead atoms. The second-order valence-corrected chi connectivity index (χ2v) is 6.17. The Labute approximate surface area is 175 Å². The van der Waals surface area contributed by atoms with Crippen LogP contribution in [0.1, 0.15) is 25.8 Å². The Morgan fingerprint density at radius 1 is 1.00 bits per heavy atom. The second-order valence-electron chi connectivity index (χ2n) is 6.17. The molecule has 0 fully saturated rings. The second kappa shape index (κ2) is 10.9. The average Bonchev–Trinajstić information content (AvgIpc) is 2.73. The van der Waals surface area contributed by atoms with Crippen molar-refractivity contribution in [2.24, 2.45) is 0 Å². The molecule has 0 saturated carbocycles. The van der Waals surface area contributed by atoms with Gasteiger partial charge in [0.1, 0.15) is 17.2 Å². The van der Waals surface area contributed by atoms with Crippen LogP contribution in [0.25, 0.3) is 0 Å². The normalized spacial score (nSPS) is 10.3. The van der Waals surface area contributed by atoms with Crippen LogP contribution in [0.3, 0.4) is 0 Å². The van der Waals surface area contributed by atoms with Gasteiger partial charge in [0.05, 0.1) is 38.4 Å². The Hall–Kier alpha value is -3.49. The number of ether oxygens (including phenoxy) is 4. The van der Waals surface area contributed by atoms with Crippen molar-refractivity contribution >= 4 is 17.3 Å². The monoisotopic (exact) mass is 418 g/mol. The minimum Gasteiger partial charge on any atom is -0.497 e. The number of aryl methyl sites for hydroxylation is 1. The van der Waals surface area contributed by atoms with E-state index in [1.165, 1.54) is 12.1 Å². The highest BCUT2D eigenvalue weighted by atomic mass is 16.6. The van der Waals surface area contributed by atoms with Crippen LogP contribution < -0.4 is 24.3 Å². The molecule has 2 aromatic carbocycles. The van der Waals surface area contributed by atoms with Crippen LogP contribution in [0.5, 0.6) is 23.0 Å². The quantitative estimate of drug-likeness (QED) is 0.434. The first-order chi connectivity index (χ1) is 14.4. The molecule has 1 amide bonds. The lowest BCUT2D eigenvalue weighted by atomic mass is 10.1. The summed E-state index contributed by atoms with van der Waals surface area (Å²) in [7, 11) is 3.10. The number of nitrogens with zero attached hydrogens (tertiary/aromatic N) is 1. The average molecular weight is 418 g/mol. The summed E-state index contributed by atoms with van der Waals surface area (Å²) in [4.78, 5) is 23.4. The molecule has 0 spiro atoms. The molecule has 9 heteroatoms. The molecule has 0 aliphatic carbocycles. The zero-order chi connectivity index (χ0) is 22.1. The summed E-state index contributed by atoms with van der Waals surface area (Å²) >= 11 is 0. The van der Waals surface area contributed by atoms with Gasteiger partial charge in [-0.25, -0.2) is 0 Å². The van der Waals surface area contributed by atoms with Gasteiger partial charge in [-0.3, -0.25) is 14.9 Å². The van der Waals surface area contributed by atoms with Crippen LogP contribution in [0, 0.1) is 10.1 Å². The number of carbonyl (C=O) groups is 1. The van der Waals surface area contributed by atoms with E-state index in [2.05, 4.69) is 5.32 Å². The van der Waals surface area contributed by atoms with Gasteiger partial charge < -0.3 is 24.3 Å². The molecule has 30 heavy (non-hydrogen) atoms. The summed E-state index contributed by atoms with van der Waals surface area (Å²) in [5.41, 5.74) is 0.576. The van der Waals surface area contributed by atoms with Gasteiger partial charge in [0.2, 0.25) is 5.91 Å². The van der Waals surface area contributed by atoms with Crippen molar-refractivity contribution in [1.29, 1.82) is 0 Å². The van der Waals surface area contributed by atoms with Crippen LogP contribution in [0.15, 0.2) is 30.3 Å². The Morgan fingerprint density at radius 2 is 1.67 bits per heavy atom. The zero-order valence-electron chi connectivity index (χ0n) is 17.5. The van der Waals surface area contributed by atoms with Crippen molar-refractivity contribution in [2.45, 2.75) is 26.7 Å². The Kier molecular flexibility index (Phi) is 8.28. The summed E-state index contributed by atoms with van der Waals surface area (Å²) in [6, 6.07) is 7.99. The van der Waals surface area contributed by atoms with Gasteiger partial charge in [-0.15, -0.1) is 0 Å². The highest BCUT2D eigenvalue weighted by Gasteiger charge is 2.22. The highest BCUT2D eigenvalue weighted by Crippen LogP contribution is 2.38. The van der Waals surface area contributed by atoms with E-state index in [0.717, 1.165) is 5.56 Å². The Morgan fingerprint density at radius 3 is 2.23 bits per heavy atom. The van der Waals surface area contributed by atoms with Gasteiger partial charge in [-0.05, 0) is 44.0 Å². The number of anilines is 1. The van der Waals surface area contributed by atoms with Crippen molar-refractivity contribution in [2.75, 3.05) is 32.8 Å². The minimum atomic E-state index is -0.570. The van der Waals surface area contributed by atoms with Gasteiger partial charge in [0, 0.05) is 12.5 Å². The largest absolute Gasteiger partial charge is 0.497 e. The van der Waals surface area contributed by atoms with Crippen molar-refractivity contribution < 1.29 is 28.7 Å². The summed E-state index contributed by atoms with van der Waals surface area (Å²) in [6.45, 7) is 4.23. The van der Waals surface area contributed by atoms with E-state index in [1.54, 1.807) is 46.3 Å². The minimum absolute atomic E-state index is 0.0505. The van der Waals surface area contributed by atoms with Crippen molar-refractivity contribution in [3.8, 4) is 23.0 Å². The molecule has 0 atom stereocenters. The van der Waals surface area contributed by atoms with Gasteiger partial charge in [-0.2, -0.15) is 0 Å². The number of benzene rings is 2. The fourth-order valence-electron chi connectivity index (χ4n) is 2.88. The molecule has 0 radical (unpaired) electrons. The number of rotatable bonds is 11. The standard InChI is InChI=1S/C21H26N2O7/c1-5-29-19-12-16(17(23(25)26)13-20(19)30-6-2)22-21(24)10-7-14-11-15(27-3)8-9-18(14)28-4/h8-9,11-13H,5-7,10H2,1-4H3,(H,22,24). The van der Waals surface area contributed by atoms with Gasteiger partial charge in [-0.1, -0.05) is 0 Å². The van der Waals surface area contributed by atoms with Gasteiger partial charge >= 0.3 is 0 Å². The van der Waals surface area contributed by atoms with E-state index in [4.69, 9.17) is 18.9 Å². The third-order valence-electron chi connectivity index (χ3n) is 4.24. The number of nitro groups is 1. The van der Waals surface area contributed by atoms with Gasteiger partial charge in [0.15, 0.2) is 11.5 Å². The van der Waals surface area contributed by atoms with E-state index in [-0.39, 0.29) is 29.5 Å². The van der Waals surface area contributed by atoms with E-state index in [0.29, 0.717) is 36.9 Å². The Bertz CT molecular complexity index is 899. The molecule has 9 nitrogen and oxygen atoms in total. The SMILES string of the molecule is CCOc1cc(NC(=O)CCc2cc(OC)ccc2OC)c([N+](=O)[O-])cc1OCC. The van der Waals surface area contributed by atoms with Crippen molar-refractivity contribution in [3.63, 3.8) is 0 Å². The van der Waals surface area contributed by atoms with E-state index >= 15 is 0 Å². The lowest BCUT2D eigenvalue weighted by Crippen LogP contribution is -2.14. The molecule has 2 aromatic rings. The first-order valence-corrected chi connectivity index (χ1v) is 9.52. The maximum Gasteiger partial charge on any atom is 0.296 e. The molecule has 1 N–H and O–H groups in total. The molecule has 0 aliphatic heterocycles. The fourth-order valence-corrected chi connectivity index (χ4v) is 2.88. The first kappa shape index (κ1) is 22.8. The maximum absolute atomic E-state index is 12.5. The first-order valence-electron chi connectivity index (χ1n) is 9.52. The number of carbonyl (C=O) groups excluding carboxylic acids is 1. The lowest BCUT2D eigenvalue weighted by molar-refractivity contribution is -0.384. The van der Waals surface area contributed by atoms with Crippen molar-refractivity contribution in [1.82, 2.24) is 0 Å². The third-order valence-corrected chi connectivity index (χ3v) is 4.24.